The topological polar surface area (TPSA) is 68.0 Å². The molecule has 1 heterocycles. The van der Waals surface area contributed by atoms with Crippen molar-refractivity contribution >= 4 is 23.2 Å². The van der Waals surface area contributed by atoms with Crippen molar-refractivity contribution in [3.63, 3.8) is 0 Å². The van der Waals surface area contributed by atoms with Gasteiger partial charge in [-0.1, -0.05) is 11.6 Å². The van der Waals surface area contributed by atoms with E-state index in [1.165, 1.54) is 6.20 Å². The van der Waals surface area contributed by atoms with E-state index in [-0.39, 0.29) is 12.5 Å². The normalized spacial score (nSPS) is 9.77. The van der Waals surface area contributed by atoms with Gasteiger partial charge in [0, 0.05) is 0 Å². The SMILES string of the molecule is Cc1cc(NC(=O)CN)cnc1Cl. The minimum atomic E-state index is -0.247. The molecule has 0 aliphatic rings. The lowest BCUT2D eigenvalue weighted by Crippen LogP contribution is -2.21. The number of carbonyl (C=O) groups excluding carboxylic acids is 1. The molecule has 0 saturated carbocycles. The number of nitrogens with two attached hydrogens (primary N) is 1. The predicted octanol–water partition coefficient (Wildman–Crippen LogP) is 0.941. The number of nitrogens with zero attached hydrogens (tertiary/aromatic N) is 1. The van der Waals surface area contributed by atoms with Gasteiger partial charge >= 0.3 is 0 Å². The summed E-state index contributed by atoms with van der Waals surface area (Å²) in [6, 6.07) is 1.74. The molecule has 0 bridgehead atoms. The van der Waals surface area contributed by atoms with Crippen LogP contribution in [0.1, 0.15) is 5.56 Å². The first-order chi connectivity index (χ1) is 6.13. The van der Waals surface area contributed by atoms with Crippen LogP contribution in [-0.2, 0) is 4.79 Å². The average Bonchev–Trinajstić information content (AvgIpc) is 2.11. The number of aromatic nitrogens is 1. The van der Waals surface area contributed by atoms with Gasteiger partial charge in [0.2, 0.25) is 5.91 Å². The van der Waals surface area contributed by atoms with Crippen LogP contribution in [0.25, 0.3) is 0 Å². The summed E-state index contributed by atoms with van der Waals surface area (Å²) in [5.74, 6) is -0.247. The molecule has 3 N–H and O–H groups in total. The summed E-state index contributed by atoms with van der Waals surface area (Å²) in [6.45, 7) is 1.77. The molecule has 0 unspecified atom stereocenters. The third kappa shape index (κ3) is 2.68. The zero-order chi connectivity index (χ0) is 9.84. The van der Waals surface area contributed by atoms with Gasteiger partial charge in [0.1, 0.15) is 5.15 Å². The number of hydrogen-bond acceptors (Lipinski definition) is 3. The largest absolute Gasteiger partial charge is 0.324 e. The Bertz CT molecular complexity index is 327. The summed E-state index contributed by atoms with van der Waals surface area (Å²) in [7, 11) is 0. The minimum absolute atomic E-state index is 0.0400. The molecule has 70 valence electrons. The van der Waals surface area contributed by atoms with E-state index in [1.807, 2.05) is 6.92 Å². The van der Waals surface area contributed by atoms with Crippen molar-refractivity contribution in [1.29, 1.82) is 0 Å². The molecule has 4 nitrogen and oxygen atoms in total. The highest BCUT2D eigenvalue weighted by molar-refractivity contribution is 6.30. The van der Waals surface area contributed by atoms with E-state index >= 15 is 0 Å². The van der Waals surface area contributed by atoms with Gasteiger partial charge in [0.05, 0.1) is 18.4 Å². The fourth-order valence-electron chi connectivity index (χ4n) is 0.838. The number of anilines is 1. The lowest BCUT2D eigenvalue weighted by molar-refractivity contribution is -0.114. The zero-order valence-electron chi connectivity index (χ0n) is 7.17. The Hall–Kier alpha value is -1.13. The van der Waals surface area contributed by atoms with Gasteiger partial charge in [-0.05, 0) is 18.6 Å². The van der Waals surface area contributed by atoms with E-state index in [9.17, 15) is 4.79 Å². The molecule has 0 aromatic carbocycles. The second-order valence-electron chi connectivity index (χ2n) is 2.58. The van der Waals surface area contributed by atoms with Crippen LogP contribution in [0.5, 0.6) is 0 Å². The maximum absolute atomic E-state index is 10.9. The second-order valence-corrected chi connectivity index (χ2v) is 2.94. The van der Waals surface area contributed by atoms with Gasteiger partial charge in [-0.2, -0.15) is 0 Å². The highest BCUT2D eigenvalue weighted by Crippen LogP contribution is 2.15. The quantitative estimate of drug-likeness (QED) is 0.697. The number of hydrogen-bond donors (Lipinski definition) is 2. The molecular weight excluding hydrogens is 190 g/mol. The molecule has 13 heavy (non-hydrogen) atoms. The van der Waals surface area contributed by atoms with Crippen molar-refractivity contribution < 1.29 is 4.79 Å². The maximum atomic E-state index is 10.9. The summed E-state index contributed by atoms with van der Waals surface area (Å²) in [5, 5.41) is 3.01. The van der Waals surface area contributed by atoms with E-state index < -0.39 is 0 Å². The Balaban J connectivity index is 2.79. The van der Waals surface area contributed by atoms with E-state index in [0.29, 0.717) is 10.8 Å². The van der Waals surface area contributed by atoms with Crippen molar-refractivity contribution in [1.82, 2.24) is 4.98 Å². The number of halogens is 1. The van der Waals surface area contributed by atoms with Gasteiger partial charge < -0.3 is 11.1 Å². The first kappa shape index (κ1) is 9.95. The molecule has 0 spiro atoms. The van der Waals surface area contributed by atoms with Crippen LogP contribution in [0, 0.1) is 6.92 Å². The smallest absolute Gasteiger partial charge is 0.238 e. The molecule has 0 saturated heterocycles. The molecule has 0 radical (unpaired) electrons. The van der Waals surface area contributed by atoms with Gasteiger partial charge in [-0.15, -0.1) is 0 Å². The number of carbonyl (C=O) groups is 1. The molecule has 0 atom stereocenters. The third-order valence-corrected chi connectivity index (χ3v) is 1.88. The Labute approximate surface area is 81.1 Å². The second kappa shape index (κ2) is 4.20. The number of amides is 1. The molecular formula is C8H10ClN3O. The van der Waals surface area contributed by atoms with Crippen molar-refractivity contribution in [3.05, 3.63) is 23.0 Å². The number of aryl methyl sites for hydroxylation is 1. The Kier molecular flexibility index (Phi) is 3.22. The fraction of sp³-hybridized carbons (Fsp3) is 0.250. The fourth-order valence-corrected chi connectivity index (χ4v) is 0.942. The Morgan fingerprint density at radius 2 is 2.46 bits per heavy atom. The molecule has 1 aromatic heterocycles. The molecule has 1 rings (SSSR count). The molecule has 0 aliphatic carbocycles. The molecule has 0 fully saturated rings. The van der Waals surface area contributed by atoms with E-state index in [4.69, 9.17) is 17.3 Å². The van der Waals surface area contributed by atoms with Crippen molar-refractivity contribution in [2.75, 3.05) is 11.9 Å². The Morgan fingerprint density at radius 3 is 3.00 bits per heavy atom. The van der Waals surface area contributed by atoms with Gasteiger partial charge in [0.15, 0.2) is 0 Å². The van der Waals surface area contributed by atoms with Gasteiger partial charge in [0.25, 0.3) is 0 Å². The average molecular weight is 200 g/mol. The van der Waals surface area contributed by atoms with Gasteiger partial charge in [-0.25, -0.2) is 4.98 Å². The number of pyridine rings is 1. The van der Waals surface area contributed by atoms with Crippen molar-refractivity contribution in [3.8, 4) is 0 Å². The monoisotopic (exact) mass is 199 g/mol. The molecule has 5 heteroatoms. The predicted molar refractivity (Wildman–Crippen MR) is 51.7 cm³/mol. The lowest BCUT2D eigenvalue weighted by atomic mass is 10.3. The van der Waals surface area contributed by atoms with Crippen LogP contribution < -0.4 is 11.1 Å². The third-order valence-electron chi connectivity index (χ3n) is 1.48. The first-order valence-corrected chi connectivity index (χ1v) is 4.13. The lowest BCUT2D eigenvalue weighted by Gasteiger charge is -2.04. The molecule has 0 aliphatic heterocycles. The minimum Gasteiger partial charge on any atom is -0.324 e. The number of rotatable bonds is 2. The van der Waals surface area contributed by atoms with E-state index in [2.05, 4.69) is 10.3 Å². The van der Waals surface area contributed by atoms with Crippen LogP contribution in [-0.4, -0.2) is 17.4 Å². The highest BCUT2D eigenvalue weighted by atomic mass is 35.5. The summed E-state index contributed by atoms with van der Waals surface area (Å²) in [4.78, 5) is 14.8. The standard InChI is InChI=1S/C8H10ClN3O/c1-5-2-6(4-11-8(5)9)12-7(13)3-10/h2,4H,3,10H2,1H3,(H,12,13). The summed E-state index contributed by atoms with van der Waals surface area (Å²) in [5.41, 5.74) is 6.55. The van der Waals surface area contributed by atoms with E-state index in [1.54, 1.807) is 6.07 Å². The molecule has 1 aromatic rings. The summed E-state index contributed by atoms with van der Waals surface area (Å²) < 4.78 is 0. The number of nitrogens with one attached hydrogen (secondary N) is 1. The van der Waals surface area contributed by atoms with Crippen LogP contribution in [0.2, 0.25) is 5.15 Å². The van der Waals surface area contributed by atoms with Crippen LogP contribution in [0.4, 0.5) is 5.69 Å². The highest BCUT2D eigenvalue weighted by Gasteiger charge is 2.01. The van der Waals surface area contributed by atoms with Crippen molar-refractivity contribution in [2.45, 2.75) is 6.92 Å². The van der Waals surface area contributed by atoms with Crippen LogP contribution in [0.15, 0.2) is 12.3 Å². The molecule has 1 amide bonds. The summed E-state index contributed by atoms with van der Waals surface area (Å²) in [6.07, 6.45) is 1.49. The summed E-state index contributed by atoms with van der Waals surface area (Å²) >= 11 is 5.70. The van der Waals surface area contributed by atoms with Crippen molar-refractivity contribution in [2.24, 2.45) is 5.73 Å². The first-order valence-electron chi connectivity index (χ1n) is 3.75. The van der Waals surface area contributed by atoms with Gasteiger partial charge in [-0.3, -0.25) is 4.79 Å². The van der Waals surface area contributed by atoms with Crippen LogP contribution >= 0.6 is 11.6 Å². The van der Waals surface area contributed by atoms with Crippen LogP contribution in [0.3, 0.4) is 0 Å². The maximum Gasteiger partial charge on any atom is 0.238 e. The zero-order valence-corrected chi connectivity index (χ0v) is 7.93. The van der Waals surface area contributed by atoms with E-state index in [0.717, 1.165) is 5.56 Å². The Morgan fingerprint density at radius 1 is 1.77 bits per heavy atom.